The highest BCUT2D eigenvalue weighted by atomic mass is 19.4. The number of halogens is 6. The highest BCUT2D eigenvalue weighted by Gasteiger charge is 2.32. The first kappa shape index (κ1) is 47.0. The molecule has 3 heterocycles. The summed E-state index contributed by atoms with van der Waals surface area (Å²) in [4.78, 5) is 47.0. The molecular weight excluding hydrogens is 865 g/mol. The number of fused-ring (bicyclic) bond motifs is 1. The summed E-state index contributed by atoms with van der Waals surface area (Å²) < 4.78 is 82.6. The van der Waals surface area contributed by atoms with E-state index in [4.69, 9.17) is 20.9 Å². The second-order valence-corrected chi connectivity index (χ2v) is 14.4. The number of likely N-dealkylation sites (tertiary alicyclic amines) is 1. The smallest absolute Gasteiger partial charge is 0.423 e. The fourth-order valence-electron chi connectivity index (χ4n) is 6.71. The third-order valence-electron chi connectivity index (χ3n) is 9.86. The van der Waals surface area contributed by atoms with Crippen LogP contribution in [0.15, 0.2) is 116 Å². The number of nitrogen functional groups attached to an aromatic ring is 1. The van der Waals surface area contributed by atoms with Gasteiger partial charge in [-0.1, -0.05) is 55.1 Å². The molecule has 15 nitrogen and oxygen atoms in total. The molecule has 0 unspecified atom stereocenters. The predicted molar refractivity (Wildman–Crippen MR) is 225 cm³/mol. The number of benzene rings is 4. The number of anilines is 1. The Morgan fingerprint density at radius 1 is 0.785 bits per heavy atom. The third-order valence-corrected chi connectivity index (χ3v) is 9.86. The average molecular weight is 905 g/mol. The van der Waals surface area contributed by atoms with Crippen molar-refractivity contribution in [1.29, 1.82) is 0 Å². The van der Waals surface area contributed by atoms with Gasteiger partial charge in [-0.05, 0) is 84.0 Å². The van der Waals surface area contributed by atoms with Crippen molar-refractivity contribution < 1.29 is 60.2 Å². The summed E-state index contributed by atoms with van der Waals surface area (Å²) >= 11 is 0. The van der Waals surface area contributed by atoms with E-state index >= 15 is 0 Å². The monoisotopic (exact) mass is 904 g/mol. The SMILES string of the molecule is C=CC(=O)N1CCC[C@@H](n2nc(-c3ccc(CNC(=O)c4ccc(OC(F)(F)F)cc4)cc3)c3c(N)ncnc32)C1.O=C(NCc1ccc(B(O)O)cc1)c1ccc(OC(F)(F)F)cc1. The van der Waals surface area contributed by atoms with Crippen molar-refractivity contribution in [2.45, 2.75) is 44.7 Å². The number of nitrogens with zero attached hydrogens (tertiary/aromatic N) is 5. The van der Waals surface area contributed by atoms with Crippen LogP contribution >= 0.6 is 0 Å². The van der Waals surface area contributed by atoms with Crippen LogP contribution in [0.5, 0.6) is 11.5 Å². The zero-order chi connectivity index (χ0) is 46.9. The zero-order valence-electron chi connectivity index (χ0n) is 34.0. The first-order valence-corrected chi connectivity index (χ1v) is 19.6. The minimum Gasteiger partial charge on any atom is -0.423 e. The maximum atomic E-state index is 12.5. The van der Waals surface area contributed by atoms with Crippen molar-refractivity contribution in [1.82, 2.24) is 35.3 Å². The van der Waals surface area contributed by atoms with E-state index in [9.17, 15) is 40.7 Å². The minimum atomic E-state index is -4.80. The van der Waals surface area contributed by atoms with Gasteiger partial charge in [0.15, 0.2) is 5.65 Å². The number of carbonyl (C=O) groups excluding carboxylic acids is 3. The highest BCUT2D eigenvalue weighted by Crippen LogP contribution is 2.34. The van der Waals surface area contributed by atoms with Crippen LogP contribution in [0.3, 0.4) is 0 Å². The Labute approximate surface area is 366 Å². The third kappa shape index (κ3) is 12.8. The van der Waals surface area contributed by atoms with Gasteiger partial charge in [0.25, 0.3) is 11.8 Å². The van der Waals surface area contributed by atoms with Crippen molar-refractivity contribution in [2.24, 2.45) is 0 Å². The topological polar surface area (TPSA) is 207 Å². The van der Waals surface area contributed by atoms with Crippen LogP contribution in [-0.2, 0) is 17.9 Å². The Morgan fingerprint density at radius 2 is 1.29 bits per heavy atom. The number of rotatable bonds is 12. The lowest BCUT2D eigenvalue weighted by Gasteiger charge is -2.32. The summed E-state index contributed by atoms with van der Waals surface area (Å²) in [7, 11) is -1.56. The van der Waals surface area contributed by atoms with Gasteiger partial charge in [-0.2, -0.15) is 5.10 Å². The second kappa shape index (κ2) is 20.4. The van der Waals surface area contributed by atoms with E-state index in [0.717, 1.165) is 53.8 Å². The first-order valence-electron chi connectivity index (χ1n) is 19.6. The molecule has 0 saturated carbocycles. The highest BCUT2D eigenvalue weighted by molar-refractivity contribution is 6.58. The normalized spacial score (nSPS) is 13.8. The summed E-state index contributed by atoms with van der Waals surface area (Å²) in [5.74, 6) is -1.56. The summed E-state index contributed by atoms with van der Waals surface area (Å²) in [6.45, 7) is 5.08. The Kier molecular flexibility index (Phi) is 14.7. The Hall–Kier alpha value is -7.46. The lowest BCUT2D eigenvalue weighted by atomic mass is 9.80. The molecule has 6 N–H and O–H groups in total. The van der Waals surface area contributed by atoms with E-state index in [1.807, 2.05) is 28.9 Å². The summed E-state index contributed by atoms with van der Waals surface area (Å²) in [5.41, 5.74) is 10.4. The number of nitrogens with one attached hydrogen (secondary N) is 2. The molecule has 1 aliphatic heterocycles. The van der Waals surface area contributed by atoms with Gasteiger partial charge in [-0.3, -0.25) is 14.4 Å². The van der Waals surface area contributed by atoms with Gasteiger partial charge in [0.2, 0.25) is 5.91 Å². The molecule has 65 heavy (non-hydrogen) atoms. The van der Waals surface area contributed by atoms with E-state index in [1.54, 1.807) is 17.0 Å². The van der Waals surface area contributed by atoms with Crippen molar-refractivity contribution in [3.05, 3.63) is 138 Å². The molecule has 2 aromatic heterocycles. The van der Waals surface area contributed by atoms with E-state index in [2.05, 4.69) is 36.7 Å². The lowest BCUT2D eigenvalue weighted by Crippen LogP contribution is -2.40. The van der Waals surface area contributed by atoms with E-state index in [0.29, 0.717) is 35.3 Å². The second-order valence-electron chi connectivity index (χ2n) is 14.4. The number of hydrogen-bond donors (Lipinski definition) is 5. The van der Waals surface area contributed by atoms with E-state index < -0.39 is 43.2 Å². The van der Waals surface area contributed by atoms with Gasteiger partial charge in [0.05, 0.1) is 11.4 Å². The fraction of sp³-hybridized carbons (Fsp3) is 0.209. The molecule has 3 amide bonds. The van der Waals surface area contributed by atoms with Crippen LogP contribution in [0, 0.1) is 0 Å². The number of piperidine rings is 1. The Balaban J connectivity index is 0.000000248. The van der Waals surface area contributed by atoms with Crippen LogP contribution in [-0.4, -0.2) is 85.4 Å². The molecule has 1 aliphatic rings. The number of hydrogen-bond acceptors (Lipinski definition) is 11. The molecule has 0 bridgehead atoms. The lowest BCUT2D eigenvalue weighted by molar-refractivity contribution is -0.275. The molecule has 7 rings (SSSR count). The molecule has 0 radical (unpaired) electrons. The molecule has 0 aliphatic carbocycles. The molecule has 22 heteroatoms. The van der Waals surface area contributed by atoms with Crippen LogP contribution in [0.25, 0.3) is 22.3 Å². The number of nitrogens with two attached hydrogens (primary N) is 1. The molecular formula is C43H39BF6N8O7. The van der Waals surface area contributed by atoms with Gasteiger partial charge in [-0.25, -0.2) is 14.6 Å². The van der Waals surface area contributed by atoms with Gasteiger partial charge in [-0.15, -0.1) is 26.3 Å². The van der Waals surface area contributed by atoms with Gasteiger partial charge in [0.1, 0.15) is 29.3 Å². The van der Waals surface area contributed by atoms with Crippen molar-refractivity contribution >= 4 is 47.2 Å². The van der Waals surface area contributed by atoms with Crippen LogP contribution in [0.1, 0.15) is 50.7 Å². The van der Waals surface area contributed by atoms with Crippen LogP contribution in [0.2, 0.25) is 0 Å². The van der Waals surface area contributed by atoms with Crippen LogP contribution < -0.4 is 31.3 Å². The standard InChI is InChI=1S/C28H26F3N7O3.C15H13BF3NO4/c1-2-22(39)37-13-3-4-20(15-37)38-26-23(25(32)34-16-35-26)24(36-38)18-7-5-17(6-8-18)14-33-27(40)19-9-11-21(12-10-19)41-28(29,30)31;17-15(18,19)24-13-7-3-11(4-8-13)14(21)20-9-10-1-5-12(6-2-10)16(22)23/h2,5-12,16,20H,1,3-4,13-15H2,(H,33,40)(H2,32,34,35);1-8,22-23H,9H2,(H,20,21)/t20-;/m1./s1. The van der Waals surface area contributed by atoms with Crippen LogP contribution in [0.4, 0.5) is 32.2 Å². The number of carbonyl (C=O) groups is 3. The van der Waals surface area contributed by atoms with Gasteiger partial charge < -0.3 is 40.8 Å². The summed E-state index contributed by atoms with van der Waals surface area (Å²) in [6.07, 6.45) is -5.26. The largest absolute Gasteiger partial charge is 0.573 e. The summed E-state index contributed by atoms with van der Waals surface area (Å²) in [5, 5.41) is 28.8. The van der Waals surface area contributed by atoms with Crippen molar-refractivity contribution in [3.63, 3.8) is 0 Å². The van der Waals surface area contributed by atoms with E-state index in [1.165, 1.54) is 48.8 Å². The van der Waals surface area contributed by atoms with Gasteiger partial charge >= 0.3 is 19.8 Å². The maximum Gasteiger partial charge on any atom is 0.573 e. The Morgan fingerprint density at radius 3 is 1.77 bits per heavy atom. The van der Waals surface area contributed by atoms with E-state index in [-0.39, 0.29) is 42.0 Å². The molecule has 4 aromatic carbocycles. The fourth-order valence-corrected chi connectivity index (χ4v) is 6.71. The average Bonchev–Trinajstić information content (AvgIpc) is 3.68. The van der Waals surface area contributed by atoms with Crippen molar-refractivity contribution in [3.8, 4) is 22.8 Å². The maximum absolute atomic E-state index is 12.5. The molecule has 1 saturated heterocycles. The van der Waals surface area contributed by atoms with Crippen molar-refractivity contribution in [2.75, 3.05) is 18.8 Å². The molecule has 6 aromatic rings. The molecule has 1 fully saturated rings. The molecule has 1 atom stereocenters. The quantitative estimate of drug-likeness (QED) is 0.0593. The summed E-state index contributed by atoms with van der Waals surface area (Å²) in [6, 6.07) is 22.7. The number of ether oxygens (including phenoxy) is 2. The minimum absolute atomic E-state index is 0.0956. The number of alkyl halides is 6. The number of amides is 3. The molecule has 0 spiro atoms. The Bertz CT molecular complexity index is 2610. The zero-order valence-corrected chi connectivity index (χ0v) is 34.0. The van der Waals surface area contributed by atoms with Gasteiger partial charge in [0, 0.05) is 42.9 Å². The molecule has 338 valence electrons. The first-order chi connectivity index (χ1) is 30.9. The predicted octanol–water partition coefficient (Wildman–Crippen LogP) is 5.45. The number of aromatic nitrogens is 4.